The van der Waals surface area contributed by atoms with Gasteiger partial charge >= 0.3 is 0 Å². The molecule has 0 radical (unpaired) electrons. The maximum Gasteiger partial charge on any atom is 0.296 e. The molecular formula is C15H19N3O2. The number of aromatic nitrogens is 2. The van der Waals surface area contributed by atoms with Crippen LogP contribution in [0.1, 0.15) is 36.6 Å². The van der Waals surface area contributed by atoms with Crippen molar-refractivity contribution in [3.05, 3.63) is 17.5 Å². The molecule has 2 aliphatic rings. The standard InChI is InChI=1S/C15H19N3O2/c1-10-12(9-18(2)17-10)15-13(7-8-20-15)16-14(19)6-5-11-3-4-11/h9,11,13,15H,3-4,7-8H2,1-2H3,(H,16,19)/t13-,15+/m0/s1. The number of aryl methyl sites for hydroxylation is 2. The van der Waals surface area contributed by atoms with E-state index in [1.54, 1.807) is 4.68 Å². The van der Waals surface area contributed by atoms with Crippen LogP contribution < -0.4 is 5.32 Å². The minimum absolute atomic E-state index is 0.0149. The minimum atomic E-state index is -0.195. The van der Waals surface area contributed by atoms with Crippen molar-refractivity contribution in [2.75, 3.05) is 6.61 Å². The third-order valence-corrected chi connectivity index (χ3v) is 3.73. The quantitative estimate of drug-likeness (QED) is 0.821. The summed E-state index contributed by atoms with van der Waals surface area (Å²) in [7, 11) is 1.89. The molecule has 106 valence electrons. The van der Waals surface area contributed by atoms with Crippen molar-refractivity contribution in [1.82, 2.24) is 15.1 Å². The number of nitrogens with one attached hydrogen (secondary N) is 1. The highest BCUT2D eigenvalue weighted by atomic mass is 16.5. The van der Waals surface area contributed by atoms with Gasteiger partial charge in [-0.1, -0.05) is 5.92 Å². The zero-order valence-corrected chi connectivity index (χ0v) is 11.8. The molecule has 1 amide bonds. The van der Waals surface area contributed by atoms with E-state index in [1.807, 2.05) is 20.2 Å². The van der Waals surface area contributed by atoms with E-state index in [4.69, 9.17) is 4.74 Å². The molecule has 2 heterocycles. The molecule has 1 aromatic rings. The van der Waals surface area contributed by atoms with Crippen LogP contribution in [-0.4, -0.2) is 28.3 Å². The molecule has 1 aliphatic carbocycles. The predicted molar refractivity (Wildman–Crippen MR) is 73.7 cm³/mol. The summed E-state index contributed by atoms with van der Waals surface area (Å²) in [5.41, 5.74) is 1.99. The Balaban J connectivity index is 1.68. The zero-order valence-electron chi connectivity index (χ0n) is 11.8. The Bertz CT molecular complexity index is 578. The minimum Gasteiger partial charge on any atom is -0.371 e. The van der Waals surface area contributed by atoms with E-state index in [0.29, 0.717) is 12.5 Å². The van der Waals surface area contributed by atoms with E-state index in [1.165, 1.54) is 0 Å². The second-order valence-electron chi connectivity index (χ2n) is 5.55. The number of carbonyl (C=O) groups excluding carboxylic acids is 1. The lowest BCUT2D eigenvalue weighted by Gasteiger charge is -2.18. The van der Waals surface area contributed by atoms with E-state index in [0.717, 1.165) is 30.5 Å². The average Bonchev–Trinajstić information content (AvgIpc) is 3.03. The van der Waals surface area contributed by atoms with Gasteiger partial charge in [0.25, 0.3) is 5.91 Å². The Morgan fingerprint density at radius 2 is 2.30 bits per heavy atom. The molecule has 0 spiro atoms. The van der Waals surface area contributed by atoms with Crippen LogP contribution >= 0.6 is 0 Å². The van der Waals surface area contributed by atoms with Crippen LogP contribution in [0.5, 0.6) is 0 Å². The van der Waals surface area contributed by atoms with E-state index in [2.05, 4.69) is 22.3 Å². The Morgan fingerprint density at radius 3 is 2.95 bits per heavy atom. The summed E-state index contributed by atoms with van der Waals surface area (Å²) < 4.78 is 7.54. The number of hydrogen-bond donors (Lipinski definition) is 1. The summed E-state index contributed by atoms with van der Waals surface area (Å²) >= 11 is 0. The van der Waals surface area contributed by atoms with Crippen molar-refractivity contribution >= 4 is 5.91 Å². The van der Waals surface area contributed by atoms with Crippen LogP contribution in [-0.2, 0) is 16.6 Å². The largest absolute Gasteiger partial charge is 0.371 e. The fourth-order valence-electron chi connectivity index (χ4n) is 2.54. The van der Waals surface area contributed by atoms with Crippen LogP contribution in [0.25, 0.3) is 0 Å². The molecule has 3 rings (SSSR count). The third-order valence-electron chi connectivity index (χ3n) is 3.73. The van der Waals surface area contributed by atoms with Gasteiger partial charge in [-0.15, -0.1) is 0 Å². The highest BCUT2D eigenvalue weighted by molar-refractivity contribution is 5.93. The normalized spacial score (nSPS) is 25.1. The molecule has 2 fully saturated rings. The Hall–Kier alpha value is -1.80. The van der Waals surface area contributed by atoms with Gasteiger partial charge in [-0.2, -0.15) is 5.10 Å². The van der Waals surface area contributed by atoms with Gasteiger partial charge in [0.1, 0.15) is 6.10 Å². The van der Waals surface area contributed by atoms with Gasteiger partial charge in [-0.25, -0.2) is 0 Å². The van der Waals surface area contributed by atoms with Crippen molar-refractivity contribution in [2.45, 2.75) is 38.3 Å². The Morgan fingerprint density at radius 1 is 1.50 bits per heavy atom. The molecule has 1 aromatic heterocycles. The zero-order chi connectivity index (χ0) is 14.1. The monoisotopic (exact) mass is 273 g/mol. The van der Waals surface area contributed by atoms with Crippen molar-refractivity contribution in [2.24, 2.45) is 13.0 Å². The molecule has 20 heavy (non-hydrogen) atoms. The molecule has 2 atom stereocenters. The molecule has 1 aliphatic heterocycles. The lowest BCUT2D eigenvalue weighted by Crippen LogP contribution is -2.36. The summed E-state index contributed by atoms with van der Waals surface area (Å²) in [5.74, 6) is 5.91. The van der Waals surface area contributed by atoms with Gasteiger partial charge in [0, 0.05) is 31.3 Å². The molecule has 1 N–H and O–H groups in total. The first kappa shape index (κ1) is 13.2. The molecule has 5 nitrogen and oxygen atoms in total. The van der Waals surface area contributed by atoms with Gasteiger partial charge < -0.3 is 10.1 Å². The van der Waals surface area contributed by atoms with Crippen LogP contribution in [0.15, 0.2) is 6.20 Å². The topological polar surface area (TPSA) is 56.1 Å². The van der Waals surface area contributed by atoms with Crippen molar-refractivity contribution < 1.29 is 9.53 Å². The molecule has 0 bridgehead atoms. The summed E-state index contributed by atoms with van der Waals surface area (Å²) in [5, 5.41) is 7.31. The highest BCUT2D eigenvalue weighted by Gasteiger charge is 2.32. The van der Waals surface area contributed by atoms with Gasteiger partial charge in [0.2, 0.25) is 0 Å². The fraction of sp³-hybridized carbons (Fsp3) is 0.600. The van der Waals surface area contributed by atoms with Crippen LogP contribution in [0.3, 0.4) is 0 Å². The number of rotatable bonds is 2. The third kappa shape index (κ3) is 2.86. The number of amides is 1. The molecule has 5 heteroatoms. The molecule has 1 saturated heterocycles. The van der Waals surface area contributed by atoms with Gasteiger partial charge in [-0.05, 0) is 32.1 Å². The molecular weight excluding hydrogens is 254 g/mol. The van der Waals surface area contributed by atoms with Gasteiger partial charge in [0.15, 0.2) is 0 Å². The summed E-state index contributed by atoms with van der Waals surface area (Å²) in [6.07, 6.45) is 4.92. The Labute approximate surface area is 118 Å². The number of ether oxygens (including phenoxy) is 1. The van der Waals surface area contributed by atoms with Gasteiger partial charge in [0.05, 0.1) is 11.7 Å². The molecule has 1 saturated carbocycles. The smallest absolute Gasteiger partial charge is 0.296 e. The van der Waals surface area contributed by atoms with Crippen molar-refractivity contribution in [3.8, 4) is 11.8 Å². The van der Waals surface area contributed by atoms with E-state index in [9.17, 15) is 4.79 Å². The second-order valence-corrected chi connectivity index (χ2v) is 5.55. The average molecular weight is 273 g/mol. The summed E-state index contributed by atoms with van der Waals surface area (Å²) in [6.45, 7) is 2.61. The molecule has 0 unspecified atom stereocenters. The lowest BCUT2D eigenvalue weighted by atomic mass is 10.0. The maximum absolute atomic E-state index is 11.8. The summed E-state index contributed by atoms with van der Waals surface area (Å²) in [6, 6.07) is -0.0149. The van der Waals surface area contributed by atoms with Crippen molar-refractivity contribution in [1.29, 1.82) is 0 Å². The van der Waals surface area contributed by atoms with E-state index >= 15 is 0 Å². The first-order valence-corrected chi connectivity index (χ1v) is 7.07. The van der Waals surface area contributed by atoms with Gasteiger partial charge in [-0.3, -0.25) is 9.48 Å². The highest BCUT2D eigenvalue weighted by Crippen LogP contribution is 2.31. The predicted octanol–water partition coefficient (Wildman–Crippen LogP) is 1.09. The summed E-state index contributed by atoms with van der Waals surface area (Å²) in [4.78, 5) is 11.8. The van der Waals surface area contributed by atoms with Crippen LogP contribution in [0.2, 0.25) is 0 Å². The maximum atomic E-state index is 11.8. The number of nitrogens with zero attached hydrogens (tertiary/aromatic N) is 2. The molecule has 0 aromatic carbocycles. The lowest BCUT2D eigenvalue weighted by molar-refractivity contribution is -0.116. The van der Waals surface area contributed by atoms with E-state index < -0.39 is 0 Å². The van der Waals surface area contributed by atoms with Crippen LogP contribution in [0, 0.1) is 24.7 Å². The van der Waals surface area contributed by atoms with E-state index in [-0.39, 0.29) is 18.1 Å². The SMILES string of the molecule is Cc1nn(C)cc1[C@H]1OCC[C@@H]1NC(=O)C#CC1CC1. The number of carbonyl (C=O) groups is 1. The number of hydrogen-bond acceptors (Lipinski definition) is 3. The van der Waals surface area contributed by atoms with Crippen LogP contribution in [0.4, 0.5) is 0 Å². The van der Waals surface area contributed by atoms with Crippen molar-refractivity contribution in [3.63, 3.8) is 0 Å². The first-order valence-electron chi connectivity index (χ1n) is 7.07. The fourth-order valence-corrected chi connectivity index (χ4v) is 2.54. The Kier molecular flexibility index (Phi) is 3.49. The first-order chi connectivity index (χ1) is 9.63. The second kappa shape index (κ2) is 5.29.